The molecule has 0 rings (SSSR count). The molecule has 47 valence electrons. The Balaban J connectivity index is -0.0000000750. The Labute approximate surface area is 77.0 Å². The molecule has 0 amide bonds. The second kappa shape index (κ2) is 24.5. The topological polar surface area (TPSA) is 12.0 Å². The molecule has 1 nitrogen and oxygen atoms in total. The predicted octanol–water partition coefficient (Wildman–Crippen LogP) is 1.08. The molecule has 0 spiro atoms. The zero-order chi connectivity index (χ0) is 6.12. The first-order valence-electron chi connectivity index (χ1n) is 2.41. The van der Waals surface area contributed by atoms with Gasteiger partial charge in [0.2, 0.25) is 0 Å². The van der Waals surface area contributed by atoms with E-state index in [0.29, 0.717) is 0 Å². The van der Waals surface area contributed by atoms with Gasteiger partial charge >= 0.3 is 31.1 Å². The normalized spacial score (nSPS) is 6.00. The van der Waals surface area contributed by atoms with Crippen LogP contribution in [0.5, 0.6) is 0 Å². The summed E-state index contributed by atoms with van der Waals surface area (Å²) in [5.41, 5.74) is 0. The summed E-state index contributed by atoms with van der Waals surface area (Å²) in [4.78, 5) is 0. The SMILES string of the molecule is [CH2-]C.[CH2-]CNC[CH2-].[U+3]. The minimum absolute atomic E-state index is 0. The van der Waals surface area contributed by atoms with Gasteiger partial charge in [-0.1, -0.05) is 0 Å². The molecule has 0 saturated heterocycles. The molecule has 2 heteroatoms. The summed E-state index contributed by atoms with van der Waals surface area (Å²) in [6.07, 6.45) is 0. The van der Waals surface area contributed by atoms with Crippen molar-refractivity contribution < 1.29 is 31.1 Å². The van der Waals surface area contributed by atoms with E-state index in [2.05, 4.69) is 26.1 Å². The van der Waals surface area contributed by atoms with Crippen LogP contribution in [0.3, 0.4) is 0 Å². The van der Waals surface area contributed by atoms with Crippen LogP contribution < -0.4 is 5.32 Å². The van der Waals surface area contributed by atoms with Gasteiger partial charge in [-0.25, -0.2) is 0 Å². The molecule has 0 aliphatic carbocycles. The van der Waals surface area contributed by atoms with Crippen molar-refractivity contribution in [2.45, 2.75) is 6.92 Å². The number of hydrogen-bond donors (Lipinski definition) is 1. The Kier molecular flexibility index (Phi) is 49.0. The van der Waals surface area contributed by atoms with Gasteiger partial charge < -0.3 is 26.1 Å². The van der Waals surface area contributed by atoms with Gasteiger partial charge in [-0.05, 0) is 0 Å². The van der Waals surface area contributed by atoms with Crippen LogP contribution in [-0.4, -0.2) is 13.1 Å². The molecule has 0 atom stereocenters. The summed E-state index contributed by atoms with van der Waals surface area (Å²) in [6.45, 7) is 13.6. The van der Waals surface area contributed by atoms with Crippen LogP contribution >= 0.6 is 0 Å². The molecule has 0 saturated carbocycles. The maximum Gasteiger partial charge on any atom is 3.00 e. The second-order valence-corrected chi connectivity index (χ2v) is 0.750. The first-order valence-corrected chi connectivity index (χ1v) is 2.41. The van der Waals surface area contributed by atoms with E-state index in [1.54, 1.807) is 6.92 Å². The molecule has 8 heavy (non-hydrogen) atoms. The molecule has 0 unspecified atom stereocenters. The monoisotopic (exact) mass is 338 g/mol. The zero-order valence-electron chi connectivity index (χ0n) is 5.54. The van der Waals surface area contributed by atoms with E-state index >= 15 is 0 Å². The second-order valence-electron chi connectivity index (χ2n) is 0.750. The minimum atomic E-state index is 0. The maximum absolute atomic E-state index is 3.52. The molecule has 0 aromatic carbocycles. The molecular formula is C6H14NU. The third-order valence-corrected chi connectivity index (χ3v) is 0.354. The first-order chi connectivity index (χ1) is 3.41. The van der Waals surface area contributed by atoms with Crippen molar-refractivity contribution in [1.82, 2.24) is 5.32 Å². The quantitative estimate of drug-likeness (QED) is 0.744. The van der Waals surface area contributed by atoms with Crippen molar-refractivity contribution in [2.24, 2.45) is 0 Å². The third kappa shape index (κ3) is 27.9. The van der Waals surface area contributed by atoms with Crippen LogP contribution in [-0.2, 0) is 0 Å². The number of nitrogens with one attached hydrogen (secondary N) is 1. The Morgan fingerprint density at radius 2 is 1.38 bits per heavy atom. The molecule has 0 fully saturated rings. The van der Waals surface area contributed by atoms with Crippen LogP contribution in [0, 0.1) is 51.9 Å². The van der Waals surface area contributed by atoms with E-state index in [-0.39, 0.29) is 31.1 Å². The fourth-order valence-corrected chi connectivity index (χ4v) is 0.125. The third-order valence-electron chi connectivity index (χ3n) is 0.354. The largest absolute Gasteiger partial charge is 3.00 e. The minimum Gasteiger partial charge on any atom is -0.376 e. The summed E-state index contributed by atoms with van der Waals surface area (Å²) in [5, 5.41) is 2.89. The van der Waals surface area contributed by atoms with E-state index < -0.39 is 0 Å². The number of rotatable bonds is 2. The smallest absolute Gasteiger partial charge is 0.376 e. The fraction of sp³-hybridized carbons (Fsp3) is 0.500. The van der Waals surface area contributed by atoms with Crippen LogP contribution in [0.15, 0.2) is 0 Å². The van der Waals surface area contributed by atoms with Gasteiger partial charge in [-0.2, -0.15) is 6.92 Å². The van der Waals surface area contributed by atoms with Crippen LogP contribution in [0.1, 0.15) is 6.92 Å². The summed E-state index contributed by atoms with van der Waals surface area (Å²) >= 11 is 0. The van der Waals surface area contributed by atoms with Gasteiger partial charge in [0.1, 0.15) is 0 Å². The first kappa shape index (κ1) is 16.0. The van der Waals surface area contributed by atoms with E-state index in [1.807, 2.05) is 0 Å². The standard InChI is InChI=1S/C4H9N.C2H5.U/c1-3-5-4-2;1-2;/h5H,1-4H2;1H2,2H3;/q-2;-1;+3. The van der Waals surface area contributed by atoms with Gasteiger partial charge in [0.15, 0.2) is 0 Å². The van der Waals surface area contributed by atoms with Crippen molar-refractivity contribution in [1.29, 1.82) is 0 Å². The van der Waals surface area contributed by atoms with Gasteiger partial charge in [-0.15, -0.1) is 13.1 Å². The summed E-state index contributed by atoms with van der Waals surface area (Å²) in [5.74, 6) is 0. The molecule has 0 aromatic heterocycles. The Morgan fingerprint density at radius 3 is 1.38 bits per heavy atom. The van der Waals surface area contributed by atoms with Crippen molar-refractivity contribution >= 4 is 0 Å². The Hall–Kier alpha value is 1.01. The average Bonchev–Trinajstić information content (AvgIpc) is 1.75. The van der Waals surface area contributed by atoms with Gasteiger partial charge in [0.25, 0.3) is 0 Å². The summed E-state index contributed by atoms with van der Waals surface area (Å²) < 4.78 is 0. The van der Waals surface area contributed by atoms with Crippen LogP contribution in [0.25, 0.3) is 0 Å². The Bertz CT molecular complexity index is 16.0. The van der Waals surface area contributed by atoms with Gasteiger partial charge in [0.05, 0.1) is 0 Å². The summed E-state index contributed by atoms with van der Waals surface area (Å²) in [7, 11) is 0. The molecular weight excluding hydrogens is 324 g/mol. The summed E-state index contributed by atoms with van der Waals surface area (Å²) in [6, 6.07) is 0. The Morgan fingerprint density at radius 1 is 1.12 bits per heavy atom. The van der Waals surface area contributed by atoms with E-state index in [1.165, 1.54) is 0 Å². The molecule has 0 aromatic rings. The van der Waals surface area contributed by atoms with E-state index in [0.717, 1.165) is 13.1 Å². The van der Waals surface area contributed by atoms with Crippen molar-refractivity contribution in [3.05, 3.63) is 20.8 Å². The molecule has 1 N–H and O–H groups in total. The molecule has 0 heterocycles. The molecule has 0 bridgehead atoms. The number of hydrogen-bond acceptors (Lipinski definition) is 1. The van der Waals surface area contributed by atoms with Crippen LogP contribution in [0.2, 0.25) is 0 Å². The maximum atomic E-state index is 3.52. The van der Waals surface area contributed by atoms with Crippen molar-refractivity contribution in [3.8, 4) is 0 Å². The zero-order valence-corrected chi connectivity index (χ0v) is 9.70. The molecule has 0 aliphatic heterocycles. The predicted molar refractivity (Wildman–Crippen MR) is 34.6 cm³/mol. The van der Waals surface area contributed by atoms with Crippen molar-refractivity contribution in [2.75, 3.05) is 13.1 Å². The van der Waals surface area contributed by atoms with Crippen molar-refractivity contribution in [3.63, 3.8) is 0 Å². The van der Waals surface area contributed by atoms with Gasteiger partial charge in [0, 0.05) is 0 Å². The van der Waals surface area contributed by atoms with E-state index in [4.69, 9.17) is 0 Å². The fourth-order valence-electron chi connectivity index (χ4n) is 0.125. The van der Waals surface area contributed by atoms with Gasteiger partial charge in [-0.3, -0.25) is 0 Å². The van der Waals surface area contributed by atoms with E-state index in [9.17, 15) is 0 Å². The van der Waals surface area contributed by atoms with Crippen LogP contribution in [0.4, 0.5) is 0 Å². The average molecular weight is 338 g/mol. The molecule has 1 radical (unpaired) electrons. The molecule has 0 aliphatic rings.